The highest BCUT2D eigenvalue weighted by atomic mass is 16.2. The van der Waals surface area contributed by atoms with E-state index in [0.717, 1.165) is 32.2 Å². The third kappa shape index (κ3) is 5.51. The summed E-state index contributed by atoms with van der Waals surface area (Å²) >= 11 is 0. The molecule has 2 amide bonds. The van der Waals surface area contributed by atoms with E-state index in [1.807, 2.05) is 0 Å². The molecule has 1 fully saturated rings. The topological polar surface area (TPSA) is 72.2 Å². The molecule has 0 spiro atoms. The fraction of sp³-hybridized carbons (Fsp3) is 0.875. The van der Waals surface area contributed by atoms with Crippen molar-refractivity contribution in [3.05, 3.63) is 0 Å². The molecule has 0 aliphatic heterocycles. The summed E-state index contributed by atoms with van der Waals surface area (Å²) in [7, 11) is 0. The fourth-order valence-electron chi connectivity index (χ4n) is 3.19. The van der Waals surface area contributed by atoms with Gasteiger partial charge in [0.05, 0.1) is 0 Å². The Hall–Kier alpha value is -1.06. The fourth-order valence-corrected chi connectivity index (χ4v) is 3.19. The van der Waals surface area contributed by atoms with Crippen LogP contribution in [0.1, 0.15) is 65.2 Å². The van der Waals surface area contributed by atoms with Crippen LogP contribution in [0, 0.1) is 17.8 Å². The summed E-state index contributed by atoms with van der Waals surface area (Å²) < 4.78 is 0. The normalized spacial score (nSPS) is 22.8. The highest BCUT2D eigenvalue weighted by molar-refractivity contribution is 5.80. The first-order chi connectivity index (χ1) is 9.58. The lowest BCUT2D eigenvalue weighted by atomic mass is 9.81. The van der Waals surface area contributed by atoms with Gasteiger partial charge in [0.25, 0.3) is 0 Å². The van der Waals surface area contributed by atoms with Crippen LogP contribution < -0.4 is 11.1 Å². The van der Waals surface area contributed by atoms with Gasteiger partial charge in [-0.2, -0.15) is 0 Å². The van der Waals surface area contributed by atoms with Gasteiger partial charge in [0.15, 0.2) is 0 Å². The number of nitrogens with one attached hydrogen (secondary N) is 1. The minimum Gasteiger partial charge on any atom is -0.369 e. The summed E-state index contributed by atoms with van der Waals surface area (Å²) in [4.78, 5) is 23.3. The van der Waals surface area contributed by atoms with Gasteiger partial charge in [-0.3, -0.25) is 9.59 Å². The lowest BCUT2D eigenvalue weighted by Gasteiger charge is -2.26. The van der Waals surface area contributed by atoms with Crippen molar-refractivity contribution < 1.29 is 9.59 Å². The van der Waals surface area contributed by atoms with Gasteiger partial charge in [-0.25, -0.2) is 0 Å². The number of amides is 2. The highest BCUT2D eigenvalue weighted by Gasteiger charge is 2.28. The van der Waals surface area contributed by atoms with Crippen molar-refractivity contribution in [2.75, 3.05) is 6.54 Å². The molecule has 0 radical (unpaired) electrons. The van der Waals surface area contributed by atoms with E-state index in [0.29, 0.717) is 5.92 Å². The van der Waals surface area contributed by atoms with Crippen LogP contribution in [-0.2, 0) is 9.59 Å². The summed E-state index contributed by atoms with van der Waals surface area (Å²) in [5.74, 6) is 0.623. The minimum atomic E-state index is -0.213. The molecule has 0 aromatic rings. The van der Waals surface area contributed by atoms with E-state index in [1.54, 1.807) is 0 Å². The Labute approximate surface area is 122 Å². The van der Waals surface area contributed by atoms with Crippen molar-refractivity contribution in [3.8, 4) is 0 Å². The molecule has 20 heavy (non-hydrogen) atoms. The molecule has 0 bridgehead atoms. The second-order valence-corrected chi connectivity index (χ2v) is 6.14. The highest BCUT2D eigenvalue weighted by Crippen LogP contribution is 2.28. The first kappa shape index (κ1) is 17.0. The minimum absolute atomic E-state index is 0.0213. The molecule has 0 heterocycles. The van der Waals surface area contributed by atoms with Crippen LogP contribution in [0.4, 0.5) is 0 Å². The molecule has 1 saturated carbocycles. The van der Waals surface area contributed by atoms with Crippen molar-refractivity contribution in [1.82, 2.24) is 5.32 Å². The summed E-state index contributed by atoms with van der Waals surface area (Å²) in [6, 6.07) is 0. The Morgan fingerprint density at radius 2 is 1.55 bits per heavy atom. The first-order valence-corrected chi connectivity index (χ1v) is 8.15. The molecular weight excluding hydrogens is 252 g/mol. The molecule has 0 aromatic heterocycles. The Bertz CT molecular complexity index is 304. The molecule has 3 N–H and O–H groups in total. The molecule has 0 aromatic carbocycles. The third-order valence-corrected chi connectivity index (χ3v) is 4.46. The molecule has 1 rings (SSSR count). The zero-order chi connectivity index (χ0) is 15.0. The maximum Gasteiger partial charge on any atom is 0.223 e. The lowest BCUT2D eigenvalue weighted by molar-refractivity contribution is -0.129. The van der Waals surface area contributed by atoms with Crippen LogP contribution in [0.5, 0.6) is 0 Å². The van der Waals surface area contributed by atoms with E-state index in [-0.39, 0.29) is 23.7 Å². The average molecular weight is 282 g/mol. The molecule has 1 aliphatic carbocycles. The van der Waals surface area contributed by atoms with E-state index in [1.165, 1.54) is 25.7 Å². The van der Waals surface area contributed by atoms with E-state index in [2.05, 4.69) is 19.2 Å². The molecule has 0 saturated heterocycles. The number of rotatable bonds is 8. The van der Waals surface area contributed by atoms with Crippen molar-refractivity contribution >= 4 is 11.8 Å². The van der Waals surface area contributed by atoms with Crippen molar-refractivity contribution in [3.63, 3.8) is 0 Å². The van der Waals surface area contributed by atoms with Crippen LogP contribution in [0.25, 0.3) is 0 Å². The Balaban J connectivity index is 2.30. The molecule has 4 nitrogen and oxygen atoms in total. The monoisotopic (exact) mass is 282 g/mol. The largest absolute Gasteiger partial charge is 0.369 e. The summed E-state index contributed by atoms with van der Waals surface area (Å²) in [5.41, 5.74) is 5.31. The van der Waals surface area contributed by atoms with Crippen LogP contribution >= 0.6 is 0 Å². The number of hydrogen-bond acceptors (Lipinski definition) is 2. The van der Waals surface area contributed by atoms with Crippen LogP contribution in [0.2, 0.25) is 0 Å². The van der Waals surface area contributed by atoms with E-state index < -0.39 is 0 Å². The van der Waals surface area contributed by atoms with Crippen molar-refractivity contribution in [2.24, 2.45) is 23.5 Å². The van der Waals surface area contributed by atoms with Crippen molar-refractivity contribution in [1.29, 1.82) is 0 Å². The van der Waals surface area contributed by atoms with Crippen LogP contribution in [0.15, 0.2) is 0 Å². The zero-order valence-corrected chi connectivity index (χ0v) is 13.0. The maximum absolute atomic E-state index is 12.2. The lowest BCUT2D eigenvalue weighted by Crippen LogP contribution is -2.37. The Morgan fingerprint density at radius 1 is 1.05 bits per heavy atom. The average Bonchev–Trinajstić information content (AvgIpc) is 2.45. The van der Waals surface area contributed by atoms with Gasteiger partial charge in [-0.15, -0.1) is 0 Å². The predicted octanol–water partition coefficient (Wildman–Crippen LogP) is 2.61. The number of nitrogens with two attached hydrogens (primary N) is 1. The van der Waals surface area contributed by atoms with E-state index in [9.17, 15) is 9.59 Å². The smallest absolute Gasteiger partial charge is 0.223 e. The zero-order valence-electron chi connectivity index (χ0n) is 13.0. The van der Waals surface area contributed by atoms with Gasteiger partial charge >= 0.3 is 0 Å². The second-order valence-electron chi connectivity index (χ2n) is 6.14. The molecule has 0 atom stereocenters. The summed E-state index contributed by atoms with van der Waals surface area (Å²) in [5, 5.41) is 3.11. The van der Waals surface area contributed by atoms with Gasteiger partial charge in [0, 0.05) is 18.4 Å². The standard InChI is InChI=1S/C16H30N2O2/c1-3-5-12(6-4-2)11-18-16(20)14-9-7-13(8-10-14)15(17)19/h12-14H,3-11H2,1-2H3,(H2,17,19)(H,18,20). The molecular formula is C16H30N2O2. The van der Waals surface area contributed by atoms with Gasteiger partial charge in [-0.05, 0) is 44.4 Å². The van der Waals surface area contributed by atoms with Gasteiger partial charge in [0.1, 0.15) is 0 Å². The Morgan fingerprint density at radius 3 is 2.00 bits per heavy atom. The number of carbonyl (C=O) groups is 2. The maximum atomic E-state index is 12.2. The molecule has 4 heteroatoms. The Kier molecular flexibility index (Phi) is 7.63. The van der Waals surface area contributed by atoms with E-state index >= 15 is 0 Å². The number of hydrogen-bond donors (Lipinski definition) is 2. The van der Waals surface area contributed by atoms with Crippen LogP contribution in [-0.4, -0.2) is 18.4 Å². The predicted molar refractivity (Wildman–Crippen MR) is 81.0 cm³/mol. The molecule has 0 unspecified atom stereocenters. The van der Waals surface area contributed by atoms with Gasteiger partial charge in [-0.1, -0.05) is 26.7 Å². The SMILES string of the molecule is CCCC(CCC)CNC(=O)C1CCC(C(N)=O)CC1. The molecule has 1 aliphatic rings. The molecule has 116 valence electrons. The summed E-state index contributed by atoms with van der Waals surface area (Å²) in [6.07, 6.45) is 7.83. The quantitative estimate of drug-likeness (QED) is 0.718. The van der Waals surface area contributed by atoms with Gasteiger partial charge < -0.3 is 11.1 Å². The van der Waals surface area contributed by atoms with Crippen molar-refractivity contribution in [2.45, 2.75) is 65.2 Å². The van der Waals surface area contributed by atoms with Gasteiger partial charge in [0.2, 0.25) is 11.8 Å². The first-order valence-electron chi connectivity index (χ1n) is 8.15. The van der Waals surface area contributed by atoms with E-state index in [4.69, 9.17) is 5.73 Å². The number of carbonyl (C=O) groups excluding carboxylic acids is 2. The second kappa shape index (κ2) is 8.98. The number of primary amides is 1. The van der Waals surface area contributed by atoms with Crippen LogP contribution in [0.3, 0.4) is 0 Å². The summed E-state index contributed by atoms with van der Waals surface area (Å²) in [6.45, 7) is 5.18. The third-order valence-electron chi connectivity index (χ3n) is 4.46.